The van der Waals surface area contributed by atoms with Crippen molar-refractivity contribution in [2.24, 2.45) is 0 Å². The third kappa shape index (κ3) is 2.82. The molecule has 0 heterocycles. The minimum Gasteiger partial charge on any atom is -0.392 e. The summed E-state index contributed by atoms with van der Waals surface area (Å²) in [4.78, 5) is 0. The van der Waals surface area contributed by atoms with Crippen molar-refractivity contribution in [2.75, 3.05) is 0 Å². The molecule has 0 amide bonds. The zero-order chi connectivity index (χ0) is 13.9. The van der Waals surface area contributed by atoms with Crippen LogP contribution in [0, 0.1) is 19.7 Å². The quantitative estimate of drug-likeness (QED) is 0.809. The number of allylic oxidation sites excluding steroid dienone is 2. The summed E-state index contributed by atoms with van der Waals surface area (Å²) in [5, 5.41) is 9.90. The van der Waals surface area contributed by atoms with Crippen LogP contribution in [-0.4, -0.2) is 5.11 Å². The monoisotopic (exact) mass is 268 g/mol. The standard InChI is InChI=1S/C15H18ClFO/c1-5-12-10(3)15(17)11(4)13(14(12)8-18)7-6-9(2)16/h6-7,18H,2,5,8H2,1,3-4H3/b7-6-. The van der Waals surface area contributed by atoms with Gasteiger partial charge in [0.15, 0.2) is 0 Å². The third-order valence-corrected chi connectivity index (χ3v) is 3.27. The molecule has 0 spiro atoms. The highest BCUT2D eigenvalue weighted by atomic mass is 35.5. The average Bonchev–Trinajstić information content (AvgIpc) is 2.34. The van der Waals surface area contributed by atoms with Gasteiger partial charge in [0.1, 0.15) is 5.82 Å². The van der Waals surface area contributed by atoms with E-state index in [1.54, 1.807) is 26.0 Å². The highest BCUT2D eigenvalue weighted by molar-refractivity contribution is 6.31. The van der Waals surface area contributed by atoms with Gasteiger partial charge in [0, 0.05) is 5.03 Å². The third-order valence-electron chi connectivity index (χ3n) is 3.15. The number of rotatable bonds is 4. The topological polar surface area (TPSA) is 20.2 Å². The number of hydrogen-bond acceptors (Lipinski definition) is 1. The fourth-order valence-electron chi connectivity index (χ4n) is 2.21. The van der Waals surface area contributed by atoms with E-state index in [-0.39, 0.29) is 12.4 Å². The molecule has 1 rings (SSSR count). The molecule has 1 N–H and O–H groups in total. The maximum atomic E-state index is 14.1. The van der Waals surface area contributed by atoms with Crippen LogP contribution in [0.1, 0.15) is 34.7 Å². The van der Waals surface area contributed by atoms with Crippen LogP contribution in [-0.2, 0) is 13.0 Å². The molecule has 0 bridgehead atoms. The summed E-state index contributed by atoms with van der Waals surface area (Å²) in [5.41, 5.74) is 3.46. The molecule has 1 aromatic rings. The molecule has 0 aliphatic carbocycles. The van der Waals surface area contributed by atoms with Crippen LogP contribution in [0.3, 0.4) is 0 Å². The van der Waals surface area contributed by atoms with Crippen molar-refractivity contribution in [3.8, 4) is 0 Å². The minimum atomic E-state index is -0.219. The summed E-state index contributed by atoms with van der Waals surface area (Å²) in [5.74, 6) is -0.219. The van der Waals surface area contributed by atoms with E-state index in [0.717, 1.165) is 11.1 Å². The number of aliphatic hydroxyl groups excluding tert-OH is 1. The van der Waals surface area contributed by atoms with Gasteiger partial charge >= 0.3 is 0 Å². The molecule has 0 aliphatic heterocycles. The Kier molecular flexibility index (Phi) is 5.12. The van der Waals surface area contributed by atoms with Crippen LogP contribution in [0.4, 0.5) is 4.39 Å². The summed E-state index contributed by atoms with van der Waals surface area (Å²) in [7, 11) is 0. The first-order valence-electron chi connectivity index (χ1n) is 5.87. The van der Waals surface area contributed by atoms with E-state index >= 15 is 0 Å². The van der Waals surface area contributed by atoms with E-state index in [1.165, 1.54) is 0 Å². The Bertz CT molecular complexity index is 504. The zero-order valence-electron chi connectivity index (χ0n) is 11.0. The Morgan fingerprint density at radius 3 is 2.39 bits per heavy atom. The van der Waals surface area contributed by atoms with Crippen molar-refractivity contribution in [1.29, 1.82) is 0 Å². The van der Waals surface area contributed by atoms with E-state index in [1.807, 2.05) is 6.92 Å². The van der Waals surface area contributed by atoms with Gasteiger partial charge in [0.2, 0.25) is 0 Å². The van der Waals surface area contributed by atoms with Gasteiger partial charge < -0.3 is 5.11 Å². The van der Waals surface area contributed by atoms with E-state index in [9.17, 15) is 9.50 Å². The van der Waals surface area contributed by atoms with Gasteiger partial charge in [-0.25, -0.2) is 4.39 Å². The van der Waals surface area contributed by atoms with Crippen molar-refractivity contribution in [2.45, 2.75) is 33.8 Å². The molecule has 0 aliphatic rings. The van der Waals surface area contributed by atoms with E-state index < -0.39 is 0 Å². The molecule has 0 unspecified atom stereocenters. The second kappa shape index (κ2) is 6.17. The molecule has 0 radical (unpaired) electrons. The number of halogens is 2. The predicted octanol–water partition coefficient (Wildman–Crippen LogP) is 4.26. The van der Waals surface area contributed by atoms with Gasteiger partial charge in [-0.05, 0) is 54.2 Å². The normalized spacial score (nSPS) is 11.2. The molecule has 1 aromatic carbocycles. The summed E-state index contributed by atoms with van der Waals surface area (Å²) in [6, 6.07) is 0. The van der Waals surface area contributed by atoms with Crippen molar-refractivity contribution in [3.63, 3.8) is 0 Å². The molecule has 18 heavy (non-hydrogen) atoms. The SMILES string of the molecule is C=C(Cl)/C=C\c1c(C)c(F)c(C)c(CC)c1CO. The molecular weight excluding hydrogens is 251 g/mol. The van der Waals surface area contributed by atoms with E-state index in [4.69, 9.17) is 11.6 Å². The van der Waals surface area contributed by atoms with Crippen LogP contribution < -0.4 is 0 Å². The lowest BCUT2D eigenvalue weighted by Crippen LogP contribution is -2.05. The van der Waals surface area contributed by atoms with Crippen molar-refractivity contribution < 1.29 is 9.50 Å². The molecule has 1 nitrogen and oxygen atoms in total. The van der Waals surface area contributed by atoms with Crippen molar-refractivity contribution in [3.05, 3.63) is 51.3 Å². The van der Waals surface area contributed by atoms with Crippen LogP contribution >= 0.6 is 11.6 Å². The molecule has 0 saturated heterocycles. The molecule has 0 saturated carbocycles. The number of hydrogen-bond donors (Lipinski definition) is 1. The summed E-state index contributed by atoms with van der Waals surface area (Å²) >= 11 is 5.68. The molecule has 98 valence electrons. The highest BCUT2D eigenvalue weighted by Gasteiger charge is 2.16. The first-order chi connectivity index (χ1) is 8.43. The number of aliphatic hydroxyl groups is 1. The molecular formula is C15H18ClFO. The van der Waals surface area contributed by atoms with Gasteiger partial charge in [0.05, 0.1) is 6.61 Å². The molecule has 0 fully saturated rings. The Morgan fingerprint density at radius 2 is 1.94 bits per heavy atom. The first-order valence-corrected chi connectivity index (χ1v) is 6.25. The van der Waals surface area contributed by atoms with Gasteiger partial charge in [0.25, 0.3) is 0 Å². The van der Waals surface area contributed by atoms with E-state index in [0.29, 0.717) is 28.1 Å². The lowest BCUT2D eigenvalue weighted by molar-refractivity contribution is 0.280. The smallest absolute Gasteiger partial charge is 0.129 e. The Hall–Kier alpha value is -1.12. The fourth-order valence-corrected chi connectivity index (χ4v) is 2.27. The predicted molar refractivity (Wildman–Crippen MR) is 75.2 cm³/mol. The van der Waals surface area contributed by atoms with Crippen molar-refractivity contribution in [1.82, 2.24) is 0 Å². The first kappa shape index (κ1) is 14.9. The van der Waals surface area contributed by atoms with Crippen LogP contribution in [0.25, 0.3) is 6.08 Å². The molecule has 0 atom stereocenters. The largest absolute Gasteiger partial charge is 0.392 e. The fraction of sp³-hybridized carbons (Fsp3) is 0.333. The second-order valence-corrected chi connectivity index (χ2v) is 4.71. The van der Waals surface area contributed by atoms with Crippen LogP contribution in [0.15, 0.2) is 17.7 Å². The van der Waals surface area contributed by atoms with Gasteiger partial charge in [-0.3, -0.25) is 0 Å². The summed E-state index contributed by atoms with van der Waals surface area (Å²) in [6.07, 6.45) is 4.00. The van der Waals surface area contributed by atoms with E-state index in [2.05, 4.69) is 6.58 Å². The summed E-state index contributed by atoms with van der Waals surface area (Å²) in [6.45, 7) is 8.85. The Balaban J connectivity index is 3.57. The zero-order valence-corrected chi connectivity index (χ0v) is 11.7. The maximum Gasteiger partial charge on any atom is 0.129 e. The molecule has 3 heteroatoms. The van der Waals surface area contributed by atoms with Crippen LogP contribution in [0.2, 0.25) is 0 Å². The Morgan fingerprint density at radius 1 is 1.33 bits per heavy atom. The maximum absolute atomic E-state index is 14.1. The summed E-state index contributed by atoms with van der Waals surface area (Å²) < 4.78 is 14.1. The number of benzene rings is 1. The second-order valence-electron chi connectivity index (χ2n) is 4.23. The van der Waals surface area contributed by atoms with Gasteiger partial charge in [-0.1, -0.05) is 31.2 Å². The highest BCUT2D eigenvalue weighted by Crippen LogP contribution is 2.28. The minimum absolute atomic E-state index is 0.112. The lowest BCUT2D eigenvalue weighted by atomic mass is 9.90. The van der Waals surface area contributed by atoms with Crippen molar-refractivity contribution >= 4 is 17.7 Å². The lowest BCUT2D eigenvalue weighted by Gasteiger charge is -2.17. The molecule has 0 aromatic heterocycles. The van der Waals surface area contributed by atoms with Crippen LogP contribution in [0.5, 0.6) is 0 Å². The average molecular weight is 269 g/mol. The Labute approximate surface area is 113 Å². The van der Waals surface area contributed by atoms with Gasteiger partial charge in [-0.15, -0.1) is 0 Å². The van der Waals surface area contributed by atoms with Gasteiger partial charge in [-0.2, -0.15) is 0 Å².